The van der Waals surface area contributed by atoms with E-state index in [1.807, 2.05) is 0 Å². The van der Waals surface area contributed by atoms with Gasteiger partial charge < -0.3 is 5.11 Å². The number of hydrogen-bond acceptors (Lipinski definition) is 3. The van der Waals surface area contributed by atoms with Crippen molar-refractivity contribution in [3.63, 3.8) is 0 Å². The van der Waals surface area contributed by atoms with Crippen molar-refractivity contribution in [1.29, 1.82) is 0 Å². The van der Waals surface area contributed by atoms with Crippen LogP contribution in [-0.2, 0) is 6.42 Å². The normalized spacial score (nSPS) is 12.1. The molecule has 0 aliphatic heterocycles. The lowest BCUT2D eigenvalue weighted by Crippen LogP contribution is -2.09. The number of rotatable bonds is 3. The van der Waals surface area contributed by atoms with Crippen LogP contribution in [0, 0.1) is 30.9 Å². The maximum Gasteiger partial charge on any atom is 0.166 e. The van der Waals surface area contributed by atoms with E-state index in [0.29, 0.717) is 11.4 Å². The molecule has 1 heterocycles. The highest BCUT2D eigenvalue weighted by atomic mass is 19.2. The van der Waals surface area contributed by atoms with Crippen LogP contribution in [0.4, 0.5) is 8.78 Å². The summed E-state index contributed by atoms with van der Waals surface area (Å²) in [4.78, 5) is 8.39. The van der Waals surface area contributed by atoms with Gasteiger partial charge in [-0.2, -0.15) is 0 Å². The van der Waals surface area contributed by atoms with Crippen LogP contribution >= 0.6 is 0 Å². The molecule has 120 valence electrons. The number of terminal acetylenes is 1. The van der Waals surface area contributed by atoms with Crippen molar-refractivity contribution in [2.75, 3.05) is 0 Å². The molecule has 0 aliphatic carbocycles. The van der Waals surface area contributed by atoms with Crippen LogP contribution in [-0.4, -0.2) is 21.2 Å². The second-order valence-corrected chi connectivity index (χ2v) is 5.48. The van der Waals surface area contributed by atoms with Crippen molar-refractivity contribution in [1.82, 2.24) is 9.97 Å². The van der Waals surface area contributed by atoms with E-state index >= 15 is 0 Å². The van der Waals surface area contributed by atoms with Crippen molar-refractivity contribution in [2.24, 2.45) is 0 Å². The zero-order valence-electron chi connectivity index (χ0n) is 12.9. The van der Waals surface area contributed by atoms with E-state index in [1.54, 1.807) is 31.3 Å². The SMILES string of the molecule is C#CC(O)Cc1ccc(-c2ccc3nc(C)ncc3c2)c(F)c1F. The first-order chi connectivity index (χ1) is 11.5. The summed E-state index contributed by atoms with van der Waals surface area (Å²) in [5, 5.41) is 10.2. The maximum atomic E-state index is 14.4. The van der Waals surface area contributed by atoms with E-state index in [1.165, 1.54) is 12.1 Å². The summed E-state index contributed by atoms with van der Waals surface area (Å²) < 4.78 is 28.7. The number of fused-ring (bicyclic) bond motifs is 1. The molecule has 0 radical (unpaired) electrons. The Labute approximate surface area is 138 Å². The molecule has 3 rings (SSSR count). The number of halogens is 2. The molecule has 0 fully saturated rings. The molecule has 0 saturated heterocycles. The van der Waals surface area contributed by atoms with E-state index in [-0.39, 0.29) is 17.5 Å². The second-order valence-electron chi connectivity index (χ2n) is 5.48. The number of aromatic nitrogens is 2. The smallest absolute Gasteiger partial charge is 0.166 e. The summed E-state index contributed by atoms with van der Waals surface area (Å²) in [6.07, 6.45) is 5.43. The van der Waals surface area contributed by atoms with Gasteiger partial charge in [0.2, 0.25) is 0 Å². The van der Waals surface area contributed by atoms with Crippen LogP contribution in [0.2, 0.25) is 0 Å². The number of aliphatic hydroxyl groups is 1. The van der Waals surface area contributed by atoms with Crippen LogP contribution in [0.1, 0.15) is 11.4 Å². The minimum Gasteiger partial charge on any atom is -0.380 e. The standard InChI is InChI=1S/C19H14F2N2O/c1-3-15(24)9-13-4-6-16(19(21)18(13)20)12-5-7-17-14(8-12)10-22-11(2)23-17/h1,4-8,10,15,24H,9H2,2H3. The molecule has 1 aromatic heterocycles. The highest BCUT2D eigenvalue weighted by Gasteiger charge is 2.16. The Hall–Kier alpha value is -2.84. The Kier molecular flexibility index (Phi) is 4.24. The number of aryl methyl sites for hydroxylation is 1. The fourth-order valence-corrected chi connectivity index (χ4v) is 2.53. The molecule has 2 aromatic carbocycles. The van der Waals surface area contributed by atoms with Crippen molar-refractivity contribution in [2.45, 2.75) is 19.4 Å². The number of aliphatic hydroxyl groups excluding tert-OH is 1. The molecule has 5 heteroatoms. The van der Waals surface area contributed by atoms with Gasteiger partial charge in [-0.15, -0.1) is 6.42 Å². The Balaban J connectivity index is 2.05. The monoisotopic (exact) mass is 324 g/mol. The van der Waals surface area contributed by atoms with Crippen molar-refractivity contribution in [3.05, 3.63) is 59.6 Å². The van der Waals surface area contributed by atoms with Gasteiger partial charge in [-0.05, 0) is 30.2 Å². The van der Waals surface area contributed by atoms with Gasteiger partial charge in [-0.25, -0.2) is 18.7 Å². The minimum absolute atomic E-state index is 0.0430. The second kappa shape index (κ2) is 6.34. The summed E-state index contributed by atoms with van der Waals surface area (Å²) in [5.74, 6) is 0.760. The third kappa shape index (κ3) is 2.97. The maximum absolute atomic E-state index is 14.4. The quantitative estimate of drug-likeness (QED) is 0.751. The van der Waals surface area contributed by atoms with Crippen LogP contribution in [0.15, 0.2) is 36.5 Å². The molecular formula is C19H14F2N2O. The fourth-order valence-electron chi connectivity index (χ4n) is 2.53. The van der Waals surface area contributed by atoms with Crippen LogP contribution in [0.3, 0.4) is 0 Å². The third-order valence-electron chi connectivity index (χ3n) is 3.78. The number of hydrogen-bond donors (Lipinski definition) is 1. The Morgan fingerprint density at radius 2 is 2.00 bits per heavy atom. The molecule has 0 saturated carbocycles. The molecule has 3 nitrogen and oxygen atoms in total. The van der Waals surface area contributed by atoms with E-state index in [9.17, 15) is 13.9 Å². The molecule has 1 unspecified atom stereocenters. The highest BCUT2D eigenvalue weighted by Crippen LogP contribution is 2.29. The predicted octanol–water partition coefficient (Wildman–Crippen LogP) is 3.42. The predicted molar refractivity (Wildman–Crippen MR) is 88.2 cm³/mol. The summed E-state index contributed by atoms with van der Waals surface area (Å²) >= 11 is 0. The zero-order valence-corrected chi connectivity index (χ0v) is 12.9. The van der Waals surface area contributed by atoms with E-state index in [4.69, 9.17) is 6.42 Å². The summed E-state index contributed by atoms with van der Waals surface area (Å²) in [7, 11) is 0. The van der Waals surface area contributed by atoms with Gasteiger partial charge in [0.25, 0.3) is 0 Å². The topological polar surface area (TPSA) is 46.0 Å². The molecule has 1 atom stereocenters. The molecule has 0 spiro atoms. The average Bonchev–Trinajstić information content (AvgIpc) is 2.58. The van der Waals surface area contributed by atoms with Gasteiger partial charge in [-0.1, -0.05) is 24.1 Å². The zero-order chi connectivity index (χ0) is 17.3. The summed E-state index contributed by atoms with van der Waals surface area (Å²) in [6.45, 7) is 1.78. The van der Waals surface area contributed by atoms with E-state index < -0.39 is 17.7 Å². The lowest BCUT2D eigenvalue weighted by Gasteiger charge is -2.10. The van der Waals surface area contributed by atoms with Gasteiger partial charge in [0, 0.05) is 23.6 Å². The lowest BCUT2D eigenvalue weighted by atomic mass is 9.99. The first-order valence-corrected chi connectivity index (χ1v) is 7.34. The van der Waals surface area contributed by atoms with Gasteiger partial charge in [0.05, 0.1) is 5.52 Å². The highest BCUT2D eigenvalue weighted by molar-refractivity contribution is 5.84. The third-order valence-corrected chi connectivity index (χ3v) is 3.78. The summed E-state index contributed by atoms with van der Waals surface area (Å²) in [6, 6.07) is 8.05. The van der Waals surface area contributed by atoms with Crippen LogP contribution in [0.25, 0.3) is 22.0 Å². The van der Waals surface area contributed by atoms with Crippen LogP contribution < -0.4 is 0 Å². The number of benzene rings is 2. The first-order valence-electron chi connectivity index (χ1n) is 7.34. The Bertz CT molecular complexity index is 963. The van der Waals surface area contributed by atoms with E-state index in [0.717, 1.165) is 10.9 Å². The van der Waals surface area contributed by atoms with Gasteiger partial charge >= 0.3 is 0 Å². The Morgan fingerprint density at radius 1 is 1.21 bits per heavy atom. The van der Waals surface area contributed by atoms with Crippen molar-refractivity contribution >= 4 is 10.9 Å². The van der Waals surface area contributed by atoms with Gasteiger partial charge in [-0.3, -0.25) is 0 Å². The molecule has 0 bridgehead atoms. The van der Waals surface area contributed by atoms with Crippen molar-refractivity contribution in [3.8, 4) is 23.5 Å². The molecule has 0 aliphatic rings. The van der Waals surface area contributed by atoms with Gasteiger partial charge in [0.1, 0.15) is 11.9 Å². The largest absolute Gasteiger partial charge is 0.380 e. The lowest BCUT2D eigenvalue weighted by molar-refractivity contribution is 0.231. The Morgan fingerprint density at radius 3 is 2.75 bits per heavy atom. The fraction of sp³-hybridized carbons (Fsp3) is 0.158. The summed E-state index contributed by atoms with van der Waals surface area (Å²) in [5.41, 5.74) is 1.44. The van der Waals surface area contributed by atoms with Crippen LogP contribution in [0.5, 0.6) is 0 Å². The first kappa shape index (κ1) is 16.0. The molecular weight excluding hydrogens is 310 g/mol. The minimum atomic E-state index is -1.15. The van der Waals surface area contributed by atoms with E-state index in [2.05, 4.69) is 15.9 Å². The number of nitrogens with zero attached hydrogens (tertiary/aromatic N) is 2. The molecule has 3 aromatic rings. The van der Waals surface area contributed by atoms with Crippen molar-refractivity contribution < 1.29 is 13.9 Å². The van der Waals surface area contributed by atoms with Gasteiger partial charge in [0.15, 0.2) is 11.6 Å². The molecule has 24 heavy (non-hydrogen) atoms. The molecule has 1 N–H and O–H groups in total. The average molecular weight is 324 g/mol. The molecule has 0 amide bonds.